The van der Waals surface area contributed by atoms with Crippen molar-refractivity contribution in [1.82, 2.24) is 5.32 Å². The average molecular weight is 1920 g/mol. The molecule has 42 nitrogen and oxygen atoms in total. The van der Waals surface area contributed by atoms with Crippen LogP contribution in [0.1, 0.15) is 186 Å². The fourth-order valence-electron chi connectivity index (χ4n) is 19.5. The molecule has 1 amide bonds. The van der Waals surface area contributed by atoms with Crippen molar-refractivity contribution in [3.8, 4) is 0 Å². The number of cyclic esters (lactones) is 1. The minimum atomic E-state index is -3.15. The molecule has 9 rings (SSSR count). The zero-order valence-electron chi connectivity index (χ0n) is 78.3. The highest BCUT2D eigenvalue weighted by Crippen LogP contribution is 2.45. The number of nitrogens with one attached hydrogen (secondary N) is 1. The molecule has 2 bridgehead atoms. The smallest absolute Gasteiger partial charge is 0.331 e. The van der Waals surface area contributed by atoms with Gasteiger partial charge < -0.3 is 199 Å². The molecule has 8 fully saturated rings. The van der Waals surface area contributed by atoms with Gasteiger partial charge in [-0.15, -0.1) is 0 Å². The maximum Gasteiger partial charge on any atom is 0.331 e. The van der Waals surface area contributed by atoms with Gasteiger partial charge in [0, 0.05) is 93.1 Å². The summed E-state index contributed by atoms with van der Waals surface area (Å²) in [6.07, 6.45) is -45.7. The van der Waals surface area contributed by atoms with Crippen molar-refractivity contribution in [2.75, 3.05) is 19.8 Å². The van der Waals surface area contributed by atoms with E-state index in [1.807, 2.05) is 27.7 Å². The molecule has 0 spiro atoms. The first-order chi connectivity index (χ1) is 62.6. The lowest BCUT2D eigenvalue weighted by molar-refractivity contribution is -0.399. The maximum absolute atomic E-state index is 14.0. The van der Waals surface area contributed by atoms with Gasteiger partial charge in [0.2, 0.25) is 11.7 Å². The summed E-state index contributed by atoms with van der Waals surface area (Å²) < 4.78 is 99.7. The van der Waals surface area contributed by atoms with E-state index in [4.69, 9.17) is 81.5 Å². The van der Waals surface area contributed by atoms with Crippen LogP contribution in [-0.2, 0) is 85.4 Å². The number of ether oxygens (including phenoxy) is 16. The van der Waals surface area contributed by atoms with Crippen molar-refractivity contribution in [2.24, 2.45) is 41.2 Å². The van der Waals surface area contributed by atoms with Gasteiger partial charge in [-0.25, -0.2) is 4.79 Å². The monoisotopic (exact) mass is 1920 g/mol. The van der Waals surface area contributed by atoms with Crippen LogP contribution in [0, 0.1) is 35.5 Å². The van der Waals surface area contributed by atoms with Crippen molar-refractivity contribution in [2.45, 2.75) is 455 Å². The molecule has 50 unspecified atom stereocenters. The number of esters is 1. The summed E-state index contributed by atoms with van der Waals surface area (Å²) >= 11 is 0. The van der Waals surface area contributed by atoms with Crippen LogP contribution in [0.3, 0.4) is 0 Å². The van der Waals surface area contributed by atoms with Gasteiger partial charge in [-0.2, -0.15) is 0 Å². The van der Waals surface area contributed by atoms with Crippen molar-refractivity contribution in [3.63, 3.8) is 0 Å². The van der Waals surface area contributed by atoms with Crippen LogP contribution in [0.2, 0.25) is 0 Å². The Labute approximate surface area is 776 Å². The first-order valence-corrected chi connectivity index (χ1v) is 47.2. The van der Waals surface area contributed by atoms with E-state index in [0.717, 1.165) is 13.0 Å². The number of rotatable bonds is 25. The Morgan fingerprint density at radius 2 is 1.11 bits per heavy atom. The molecule has 25 N–H and O–H groups in total. The topological polar surface area (TPSA) is 665 Å². The number of aliphatic hydroxyl groups is 22. The Hall–Kier alpha value is -3.62. The second kappa shape index (κ2) is 51.4. The van der Waals surface area contributed by atoms with Crippen LogP contribution >= 0.6 is 0 Å². The molecule has 0 aliphatic carbocycles. The molecule has 0 aromatic carbocycles. The average Bonchev–Trinajstić information content (AvgIpc) is 0.756. The fourth-order valence-corrected chi connectivity index (χ4v) is 19.5. The molecule has 770 valence electrons. The number of hydrogen-bond acceptors (Lipinski definition) is 41. The van der Waals surface area contributed by atoms with Crippen LogP contribution in [0.4, 0.5) is 0 Å². The summed E-state index contributed by atoms with van der Waals surface area (Å²) in [6.45, 7) is 19.0. The lowest BCUT2D eigenvalue weighted by Gasteiger charge is -2.52. The van der Waals surface area contributed by atoms with Crippen molar-refractivity contribution < 1.29 is 198 Å². The van der Waals surface area contributed by atoms with Gasteiger partial charge in [0.15, 0.2) is 44.0 Å². The molecule has 8 saturated heterocycles. The highest BCUT2D eigenvalue weighted by Gasteiger charge is 2.60. The first-order valence-electron chi connectivity index (χ1n) is 47.2. The van der Waals surface area contributed by atoms with Gasteiger partial charge in [0.1, 0.15) is 97.6 Å². The second-order valence-corrected chi connectivity index (χ2v) is 38.7. The molecular formula is C91H156N2O40. The number of fused-ring (bicyclic) bond motifs is 2. The zero-order chi connectivity index (χ0) is 98.3. The highest BCUT2D eigenvalue weighted by atomic mass is 16.8. The van der Waals surface area contributed by atoms with Crippen LogP contribution in [0.5, 0.6) is 0 Å². The Morgan fingerprint density at radius 1 is 0.526 bits per heavy atom. The fraction of sp³-hybridized carbons (Fsp3) is 0.890. The van der Waals surface area contributed by atoms with Crippen LogP contribution in [0.15, 0.2) is 48.6 Å². The predicted molar refractivity (Wildman–Crippen MR) is 463 cm³/mol. The van der Waals surface area contributed by atoms with Gasteiger partial charge in [0.05, 0.1) is 136 Å². The van der Waals surface area contributed by atoms with E-state index in [0.29, 0.717) is 38.5 Å². The van der Waals surface area contributed by atoms with Crippen LogP contribution < -0.4 is 11.1 Å². The predicted octanol–water partition coefficient (Wildman–Crippen LogP) is -3.54. The normalized spacial score (nSPS) is 46.8. The highest BCUT2D eigenvalue weighted by molar-refractivity contribution is 5.82. The molecule has 0 radical (unpaired) electrons. The van der Waals surface area contributed by atoms with Gasteiger partial charge in [-0.1, -0.05) is 91.0 Å². The molecule has 42 heteroatoms. The van der Waals surface area contributed by atoms with Gasteiger partial charge in [-0.05, 0) is 91.9 Å². The number of carbonyl (C=O) groups is 2. The molecule has 0 aromatic heterocycles. The van der Waals surface area contributed by atoms with Crippen molar-refractivity contribution >= 4 is 11.9 Å². The Balaban J connectivity index is 0.943. The van der Waals surface area contributed by atoms with E-state index in [1.54, 1.807) is 46.8 Å². The summed E-state index contributed by atoms with van der Waals surface area (Å²) in [5.41, 5.74) is 5.50. The van der Waals surface area contributed by atoms with E-state index < -0.39 is 350 Å². The van der Waals surface area contributed by atoms with E-state index in [2.05, 4.69) is 5.32 Å². The van der Waals surface area contributed by atoms with Crippen molar-refractivity contribution in [3.05, 3.63) is 48.6 Å². The second-order valence-electron chi connectivity index (χ2n) is 38.7. The zero-order valence-corrected chi connectivity index (χ0v) is 78.3. The third-order valence-corrected chi connectivity index (χ3v) is 27.9. The third kappa shape index (κ3) is 30.0. The number of nitrogens with two attached hydrogens (primary N) is 1. The maximum atomic E-state index is 14.0. The molecule has 9 aliphatic heterocycles. The summed E-state index contributed by atoms with van der Waals surface area (Å²) in [7, 11) is 0. The van der Waals surface area contributed by atoms with E-state index in [1.165, 1.54) is 51.2 Å². The lowest BCUT2D eigenvalue weighted by Crippen LogP contribution is -2.68. The minimum Gasteiger partial charge on any atom is -0.458 e. The molecule has 9 heterocycles. The third-order valence-electron chi connectivity index (χ3n) is 27.9. The molecule has 9 aliphatic rings. The Kier molecular flexibility index (Phi) is 43.6. The number of hydrogen-bond donors (Lipinski definition) is 24. The van der Waals surface area contributed by atoms with E-state index in [-0.39, 0.29) is 44.0 Å². The minimum absolute atomic E-state index is 0.0904. The van der Waals surface area contributed by atoms with Gasteiger partial charge in [0.25, 0.3) is 0 Å². The first kappa shape index (κ1) is 113. The Bertz CT molecular complexity index is 3580. The molecule has 133 heavy (non-hydrogen) atoms. The SMILES string of the molecule is CCC(OC1CCC(OC2CCC(OC3CC(C)(N)C(O)C(C)O3)C(C)O2)C(C)O1)C(C)C(O)C(C)C(O)C(C)C1OC(=O)C=CC=CCC(O)CC(O)CCC(C)C(OC2CC(OC3OC(CO)C(O)C(O)C3O)C(O)C(COC3OC(C)C(O)C(O)C3O)O2)C2(O)OC(CC(O)C2O)C(C)C(OC2OC(CO)C(O)C(O)C2NC(C)=O)CC(O)CC(O)CC(O)C=CC=CC1C. The summed E-state index contributed by atoms with van der Waals surface area (Å²) in [5.74, 6) is -10.2. The largest absolute Gasteiger partial charge is 0.458 e. The van der Waals surface area contributed by atoms with E-state index in [9.17, 15) is 122 Å². The Morgan fingerprint density at radius 3 is 1.75 bits per heavy atom. The van der Waals surface area contributed by atoms with Gasteiger partial charge in [-0.3, -0.25) is 4.79 Å². The number of allylic oxidation sites excluding steroid dienone is 4. The summed E-state index contributed by atoms with van der Waals surface area (Å²) in [5, 5.41) is 254. The quantitative estimate of drug-likeness (QED) is 0.0394. The summed E-state index contributed by atoms with van der Waals surface area (Å²) in [6, 6.07) is -1.60. The standard InChI is InChI=1S/C91H156N2O40/c1-14-57(123-67-28-26-58(46(8)119-67)124-68-29-27-59(47(9)120-68)125-70-36-90(13,92)84(115)49(11)121-70)43(5)72(104)44(6)73(105)45(7)83-40(2)20-18-19-22-52(98)31-54(100)32-55(101)33-60(127-87-71(93-50(12)96)78(110)76(108)63(37-94)129-87)42(4)61-34-56(102)85(116)91(117,133-61)86(41(3)24-25-53(99)30-51(97)21-16-15-17-23-66(103)131-83)132-69-35-62(128-89-82(114)80(112)77(109)64(38-95)130-89)75(107)65(126-69)39-118-88-81(113)79(111)74(106)48(10)122-88/h15-20,22-23,40-49,51-65,67-89,94-95,97-102,104-117H,14,21,24-39,92H2,1-13H3,(H,93,96). The lowest BCUT2D eigenvalue weighted by atomic mass is 9.78. The van der Waals surface area contributed by atoms with E-state index >= 15 is 0 Å². The van der Waals surface area contributed by atoms with Crippen molar-refractivity contribution in [1.29, 1.82) is 0 Å². The molecule has 50 atom stereocenters. The van der Waals surface area contributed by atoms with Crippen LogP contribution in [0.25, 0.3) is 0 Å². The molecule has 0 saturated carbocycles. The number of aliphatic hydroxyl groups excluding tert-OH is 21. The number of amides is 1. The molecular weight excluding hydrogens is 1760 g/mol. The summed E-state index contributed by atoms with van der Waals surface area (Å²) in [4.78, 5) is 26.8. The molecule has 0 aromatic rings. The number of carbonyl (C=O) groups excluding carboxylic acids is 2. The van der Waals surface area contributed by atoms with Crippen LogP contribution in [-0.4, -0.2) is 413 Å². The van der Waals surface area contributed by atoms with Gasteiger partial charge >= 0.3 is 5.97 Å².